The van der Waals surface area contributed by atoms with E-state index in [-0.39, 0.29) is 0 Å². The molecule has 3 aromatic rings. The lowest BCUT2D eigenvalue weighted by Gasteiger charge is -2.15. The highest BCUT2D eigenvalue weighted by Gasteiger charge is 2.12. The minimum Gasteiger partial charge on any atom is -0.492 e. The van der Waals surface area contributed by atoms with Crippen LogP contribution in [0.15, 0.2) is 60.9 Å². The van der Waals surface area contributed by atoms with Crippen LogP contribution in [0.5, 0.6) is 5.75 Å². The molecule has 3 aromatic heterocycles. The monoisotopic (exact) mass is 346 g/mol. The Kier molecular flexibility index (Phi) is 5.17. The first-order valence-corrected chi connectivity index (χ1v) is 9.08. The summed E-state index contributed by atoms with van der Waals surface area (Å²) in [5.74, 6) is 0.806. The van der Waals surface area contributed by atoms with Crippen molar-refractivity contribution in [3.63, 3.8) is 0 Å². The average Bonchev–Trinajstić information content (AvgIpc) is 3.23. The van der Waals surface area contributed by atoms with Crippen molar-refractivity contribution in [1.29, 1.82) is 0 Å². The molecule has 26 heavy (non-hydrogen) atoms. The summed E-state index contributed by atoms with van der Waals surface area (Å²) in [6.07, 6.45) is 6.14. The Morgan fingerprint density at radius 2 is 1.42 bits per heavy atom. The smallest absolute Gasteiger partial charge is 0.123 e. The fourth-order valence-corrected chi connectivity index (χ4v) is 3.18. The summed E-state index contributed by atoms with van der Waals surface area (Å²) in [7, 11) is 0. The van der Waals surface area contributed by atoms with Gasteiger partial charge in [0.15, 0.2) is 0 Å². The van der Waals surface area contributed by atoms with Crippen molar-refractivity contribution in [2.45, 2.75) is 12.8 Å². The molecule has 5 nitrogen and oxygen atoms in total. The third-order valence-corrected chi connectivity index (χ3v) is 4.53. The van der Waals surface area contributed by atoms with Crippen LogP contribution in [0.2, 0.25) is 0 Å². The third-order valence-electron chi connectivity index (χ3n) is 4.53. The molecule has 0 saturated carbocycles. The summed E-state index contributed by atoms with van der Waals surface area (Å²) in [6.45, 7) is 3.99. The summed E-state index contributed by atoms with van der Waals surface area (Å²) < 4.78 is 6.06. The first-order valence-electron chi connectivity index (χ1n) is 9.08. The summed E-state index contributed by atoms with van der Waals surface area (Å²) >= 11 is 0. The number of rotatable bonds is 6. The SMILES string of the molecule is c1ccc(-c2cc(OCCN3CCCC3)cc(-c3ccccn3)n2)nc1. The van der Waals surface area contributed by atoms with Crippen LogP contribution in [-0.4, -0.2) is 46.1 Å². The zero-order valence-electron chi connectivity index (χ0n) is 14.7. The second kappa shape index (κ2) is 8.06. The van der Waals surface area contributed by atoms with Crippen molar-refractivity contribution in [3.8, 4) is 28.5 Å². The molecule has 0 amide bonds. The van der Waals surface area contributed by atoms with Gasteiger partial charge in [-0.3, -0.25) is 14.9 Å². The Balaban J connectivity index is 1.59. The van der Waals surface area contributed by atoms with E-state index in [9.17, 15) is 0 Å². The van der Waals surface area contributed by atoms with Gasteiger partial charge in [-0.05, 0) is 50.2 Å². The van der Waals surface area contributed by atoms with E-state index in [2.05, 4.69) is 14.9 Å². The first kappa shape index (κ1) is 16.7. The number of hydrogen-bond donors (Lipinski definition) is 0. The molecule has 0 aliphatic carbocycles. The van der Waals surface area contributed by atoms with Crippen LogP contribution < -0.4 is 4.74 Å². The van der Waals surface area contributed by atoms with Gasteiger partial charge in [0.1, 0.15) is 12.4 Å². The summed E-state index contributed by atoms with van der Waals surface area (Å²) in [4.78, 5) is 16.0. The molecule has 0 atom stereocenters. The fourth-order valence-electron chi connectivity index (χ4n) is 3.18. The van der Waals surface area contributed by atoms with Gasteiger partial charge in [-0.1, -0.05) is 12.1 Å². The second-order valence-electron chi connectivity index (χ2n) is 6.40. The lowest BCUT2D eigenvalue weighted by molar-refractivity contribution is 0.238. The van der Waals surface area contributed by atoms with Gasteiger partial charge < -0.3 is 4.74 Å². The maximum absolute atomic E-state index is 6.06. The molecule has 0 unspecified atom stereocenters. The topological polar surface area (TPSA) is 51.1 Å². The highest BCUT2D eigenvalue weighted by Crippen LogP contribution is 2.26. The van der Waals surface area contributed by atoms with Crippen LogP contribution in [0.25, 0.3) is 22.8 Å². The lowest BCUT2D eigenvalue weighted by Crippen LogP contribution is -2.25. The van der Waals surface area contributed by atoms with E-state index in [0.29, 0.717) is 6.61 Å². The molecule has 0 radical (unpaired) electrons. The minimum atomic E-state index is 0.674. The average molecular weight is 346 g/mol. The van der Waals surface area contributed by atoms with E-state index in [1.165, 1.54) is 25.9 Å². The van der Waals surface area contributed by atoms with Gasteiger partial charge in [0.25, 0.3) is 0 Å². The molecule has 0 spiro atoms. The molecule has 4 rings (SSSR count). The van der Waals surface area contributed by atoms with Crippen molar-refractivity contribution < 1.29 is 4.74 Å². The van der Waals surface area contributed by atoms with Gasteiger partial charge in [-0.15, -0.1) is 0 Å². The Labute approximate surface area is 153 Å². The Morgan fingerprint density at radius 1 is 0.808 bits per heavy atom. The van der Waals surface area contributed by atoms with E-state index in [4.69, 9.17) is 9.72 Å². The predicted molar refractivity (Wildman–Crippen MR) is 102 cm³/mol. The van der Waals surface area contributed by atoms with Crippen LogP contribution in [0.1, 0.15) is 12.8 Å². The maximum atomic E-state index is 6.06. The predicted octanol–water partition coefficient (Wildman–Crippen LogP) is 3.68. The number of ether oxygens (including phenoxy) is 1. The van der Waals surface area contributed by atoms with E-state index in [1.807, 2.05) is 48.5 Å². The number of pyridine rings is 3. The van der Waals surface area contributed by atoms with Crippen LogP contribution in [0.4, 0.5) is 0 Å². The van der Waals surface area contributed by atoms with E-state index in [0.717, 1.165) is 35.1 Å². The van der Waals surface area contributed by atoms with Gasteiger partial charge in [-0.25, -0.2) is 4.98 Å². The maximum Gasteiger partial charge on any atom is 0.123 e. The highest BCUT2D eigenvalue weighted by molar-refractivity contribution is 5.64. The summed E-state index contributed by atoms with van der Waals surface area (Å²) in [5, 5.41) is 0. The Hall–Kier alpha value is -2.79. The van der Waals surface area contributed by atoms with Gasteiger partial charge in [-0.2, -0.15) is 0 Å². The Morgan fingerprint density at radius 3 is 1.96 bits per heavy atom. The van der Waals surface area contributed by atoms with Crippen molar-refractivity contribution in [1.82, 2.24) is 19.9 Å². The van der Waals surface area contributed by atoms with E-state index >= 15 is 0 Å². The molecule has 1 fully saturated rings. The fraction of sp³-hybridized carbons (Fsp3) is 0.286. The van der Waals surface area contributed by atoms with Crippen LogP contribution >= 0.6 is 0 Å². The van der Waals surface area contributed by atoms with Gasteiger partial charge in [0.2, 0.25) is 0 Å². The molecule has 0 bridgehead atoms. The molecule has 1 aliphatic rings. The number of hydrogen-bond acceptors (Lipinski definition) is 5. The van der Waals surface area contributed by atoms with Crippen molar-refractivity contribution in [2.75, 3.05) is 26.2 Å². The van der Waals surface area contributed by atoms with Crippen LogP contribution in [0, 0.1) is 0 Å². The molecule has 1 aliphatic heterocycles. The zero-order valence-corrected chi connectivity index (χ0v) is 14.7. The van der Waals surface area contributed by atoms with Crippen molar-refractivity contribution >= 4 is 0 Å². The van der Waals surface area contributed by atoms with Gasteiger partial charge in [0, 0.05) is 31.1 Å². The highest BCUT2D eigenvalue weighted by atomic mass is 16.5. The zero-order chi connectivity index (χ0) is 17.6. The van der Waals surface area contributed by atoms with Crippen LogP contribution in [0.3, 0.4) is 0 Å². The molecule has 0 aromatic carbocycles. The van der Waals surface area contributed by atoms with Gasteiger partial charge in [0.05, 0.1) is 22.8 Å². The normalized spacial score (nSPS) is 14.5. The summed E-state index contributed by atoms with van der Waals surface area (Å²) in [6, 6.07) is 15.6. The van der Waals surface area contributed by atoms with Gasteiger partial charge >= 0.3 is 0 Å². The third kappa shape index (κ3) is 4.06. The molecule has 1 saturated heterocycles. The number of likely N-dealkylation sites (tertiary alicyclic amines) is 1. The van der Waals surface area contributed by atoms with E-state index < -0.39 is 0 Å². The molecule has 132 valence electrons. The first-order chi connectivity index (χ1) is 12.9. The van der Waals surface area contributed by atoms with E-state index in [1.54, 1.807) is 12.4 Å². The Bertz CT molecular complexity index is 775. The van der Waals surface area contributed by atoms with Crippen LogP contribution in [-0.2, 0) is 0 Å². The largest absolute Gasteiger partial charge is 0.492 e. The standard InChI is InChI=1S/C21H22N4O/c1-3-9-22-18(7-1)20-15-17(26-14-13-25-11-5-6-12-25)16-21(24-20)19-8-2-4-10-23-19/h1-4,7-10,15-16H,5-6,11-14H2. The number of nitrogens with zero attached hydrogens (tertiary/aromatic N) is 4. The van der Waals surface area contributed by atoms with Crippen molar-refractivity contribution in [2.24, 2.45) is 0 Å². The second-order valence-corrected chi connectivity index (χ2v) is 6.40. The molecular weight excluding hydrogens is 324 g/mol. The molecular formula is C21H22N4O. The summed E-state index contributed by atoms with van der Waals surface area (Å²) in [5.41, 5.74) is 3.25. The minimum absolute atomic E-state index is 0.674. The number of aromatic nitrogens is 3. The molecule has 4 heterocycles. The lowest BCUT2D eigenvalue weighted by atomic mass is 10.2. The molecule has 0 N–H and O–H groups in total. The molecule has 5 heteroatoms. The van der Waals surface area contributed by atoms with Crippen molar-refractivity contribution in [3.05, 3.63) is 60.9 Å². The quantitative estimate of drug-likeness (QED) is 0.681.